The standard InChI is InChI=1S/C17H23BrO5/c1-16(2,3)23-15(22)10-12(19)11(18)6-5-9-17(4)13(20)7-8-14(17)21/h6H,5,7-10H2,1-4H3/b11-6-. The summed E-state index contributed by atoms with van der Waals surface area (Å²) in [6.45, 7) is 6.86. The molecule has 1 rings (SSSR count). The Morgan fingerprint density at radius 1 is 1.22 bits per heavy atom. The first-order chi connectivity index (χ1) is 10.5. The molecule has 0 aromatic rings. The number of ether oxygens (including phenoxy) is 1. The molecule has 0 atom stereocenters. The number of rotatable bonds is 6. The number of ketones is 3. The van der Waals surface area contributed by atoms with Crippen LogP contribution in [0.15, 0.2) is 10.6 Å². The summed E-state index contributed by atoms with van der Waals surface area (Å²) < 4.78 is 5.36. The van der Waals surface area contributed by atoms with Gasteiger partial charge in [-0.1, -0.05) is 6.08 Å². The third kappa shape index (κ3) is 5.68. The topological polar surface area (TPSA) is 77.5 Å². The molecule has 0 aliphatic heterocycles. The van der Waals surface area contributed by atoms with Crippen LogP contribution in [0.5, 0.6) is 0 Å². The molecule has 1 fully saturated rings. The summed E-state index contributed by atoms with van der Waals surface area (Å²) in [5.74, 6) is -1.03. The molecule has 1 aliphatic carbocycles. The van der Waals surface area contributed by atoms with E-state index in [1.807, 2.05) is 0 Å². The molecule has 128 valence electrons. The van der Waals surface area contributed by atoms with Gasteiger partial charge in [-0.25, -0.2) is 0 Å². The van der Waals surface area contributed by atoms with Gasteiger partial charge in [-0.05, 0) is 56.5 Å². The summed E-state index contributed by atoms with van der Waals surface area (Å²) in [5, 5.41) is 0. The third-order valence-electron chi connectivity index (χ3n) is 3.77. The molecule has 0 aromatic carbocycles. The van der Waals surface area contributed by atoms with Crippen LogP contribution in [0.25, 0.3) is 0 Å². The van der Waals surface area contributed by atoms with Crippen molar-refractivity contribution in [3.8, 4) is 0 Å². The lowest BCUT2D eigenvalue weighted by molar-refractivity contribution is -0.155. The summed E-state index contributed by atoms with van der Waals surface area (Å²) in [5.41, 5.74) is -1.57. The Morgan fingerprint density at radius 3 is 2.22 bits per heavy atom. The summed E-state index contributed by atoms with van der Waals surface area (Å²) in [6.07, 6.45) is 2.66. The van der Waals surface area contributed by atoms with Crippen molar-refractivity contribution in [2.45, 2.75) is 65.4 Å². The maximum absolute atomic E-state index is 11.9. The molecule has 0 aromatic heterocycles. The number of esters is 1. The van der Waals surface area contributed by atoms with Gasteiger partial charge in [-0.2, -0.15) is 0 Å². The Labute approximate surface area is 145 Å². The lowest BCUT2D eigenvalue weighted by atomic mass is 9.82. The molecule has 0 radical (unpaired) electrons. The van der Waals surface area contributed by atoms with Crippen LogP contribution in [0.3, 0.4) is 0 Å². The number of hydrogen-bond acceptors (Lipinski definition) is 5. The maximum Gasteiger partial charge on any atom is 0.314 e. The smallest absolute Gasteiger partial charge is 0.314 e. The van der Waals surface area contributed by atoms with E-state index in [2.05, 4.69) is 15.9 Å². The minimum absolute atomic E-state index is 0.0351. The zero-order valence-corrected chi connectivity index (χ0v) is 15.6. The van der Waals surface area contributed by atoms with Gasteiger partial charge in [0.2, 0.25) is 0 Å². The lowest BCUT2D eigenvalue weighted by Crippen LogP contribution is -2.28. The fourth-order valence-corrected chi connectivity index (χ4v) is 2.78. The second-order valence-electron chi connectivity index (χ2n) is 6.96. The van der Waals surface area contributed by atoms with E-state index >= 15 is 0 Å². The lowest BCUT2D eigenvalue weighted by Gasteiger charge is -2.19. The monoisotopic (exact) mass is 386 g/mol. The third-order valence-corrected chi connectivity index (χ3v) is 4.54. The highest BCUT2D eigenvalue weighted by Gasteiger charge is 2.44. The molecule has 1 saturated carbocycles. The molecule has 0 unspecified atom stereocenters. The van der Waals surface area contributed by atoms with Crippen molar-refractivity contribution in [1.82, 2.24) is 0 Å². The molecule has 0 spiro atoms. The van der Waals surface area contributed by atoms with Gasteiger partial charge < -0.3 is 4.74 Å². The van der Waals surface area contributed by atoms with Crippen LogP contribution in [0.1, 0.15) is 59.8 Å². The number of allylic oxidation sites excluding steroid dienone is 2. The van der Waals surface area contributed by atoms with Gasteiger partial charge in [0, 0.05) is 12.8 Å². The predicted octanol–water partition coefficient (Wildman–Crippen LogP) is 3.28. The fraction of sp³-hybridized carbons (Fsp3) is 0.647. The van der Waals surface area contributed by atoms with E-state index in [0.29, 0.717) is 25.7 Å². The first-order valence-corrected chi connectivity index (χ1v) is 8.42. The van der Waals surface area contributed by atoms with Crippen LogP contribution >= 0.6 is 15.9 Å². The van der Waals surface area contributed by atoms with Crippen molar-refractivity contribution in [2.24, 2.45) is 5.41 Å². The van der Waals surface area contributed by atoms with E-state index in [-0.39, 0.29) is 28.3 Å². The number of hydrogen-bond donors (Lipinski definition) is 0. The van der Waals surface area contributed by atoms with Gasteiger partial charge in [0.25, 0.3) is 0 Å². The molecule has 6 heteroatoms. The zero-order chi connectivity index (χ0) is 17.8. The van der Waals surface area contributed by atoms with Crippen LogP contribution in [0.2, 0.25) is 0 Å². The van der Waals surface area contributed by atoms with Gasteiger partial charge in [0.05, 0.1) is 9.90 Å². The van der Waals surface area contributed by atoms with Gasteiger partial charge >= 0.3 is 5.97 Å². The second-order valence-corrected chi connectivity index (χ2v) is 7.81. The minimum atomic E-state index is -0.933. The van der Waals surface area contributed by atoms with Crippen LogP contribution in [0.4, 0.5) is 0 Å². The number of carbonyl (C=O) groups is 4. The Morgan fingerprint density at radius 2 is 1.74 bits per heavy atom. The van der Waals surface area contributed by atoms with E-state index in [1.165, 1.54) is 0 Å². The maximum atomic E-state index is 11.9. The first kappa shape index (κ1) is 19.7. The van der Waals surface area contributed by atoms with Gasteiger partial charge in [0.15, 0.2) is 5.78 Å². The zero-order valence-electron chi connectivity index (χ0n) is 14.0. The average Bonchev–Trinajstić information content (AvgIpc) is 2.64. The first-order valence-electron chi connectivity index (χ1n) is 7.63. The largest absolute Gasteiger partial charge is 0.460 e. The summed E-state index contributed by atoms with van der Waals surface area (Å²) in [6, 6.07) is 0. The molecular weight excluding hydrogens is 364 g/mol. The summed E-state index contributed by atoms with van der Waals surface area (Å²) in [4.78, 5) is 47.2. The van der Waals surface area contributed by atoms with E-state index in [1.54, 1.807) is 33.8 Å². The molecule has 5 nitrogen and oxygen atoms in total. The van der Waals surface area contributed by atoms with Crippen molar-refractivity contribution in [1.29, 1.82) is 0 Å². The SMILES string of the molecule is CC(C)(C)OC(=O)CC(=O)/C(Br)=C/CCC1(C)C(=O)CCC1=O. The van der Waals surface area contributed by atoms with Gasteiger partial charge in [-0.3, -0.25) is 19.2 Å². The fourth-order valence-electron chi connectivity index (χ4n) is 2.41. The molecule has 0 amide bonds. The molecule has 23 heavy (non-hydrogen) atoms. The molecule has 0 saturated heterocycles. The Balaban J connectivity index is 2.54. The molecule has 0 bridgehead atoms. The number of carbonyl (C=O) groups excluding carboxylic acids is 4. The van der Waals surface area contributed by atoms with Gasteiger partial charge in [0.1, 0.15) is 23.6 Å². The Hall–Kier alpha value is -1.30. The normalized spacial score (nSPS) is 18.2. The Kier molecular flexibility index (Phi) is 6.45. The van der Waals surface area contributed by atoms with Crippen molar-refractivity contribution in [2.75, 3.05) is 0 Å². The van der Waals surface area contributed by atoms with Crippen molar-refractivity contribution in [3.05, 3.63) is 10.6 Å². The van der Waals surface area contributed by atoms with E-state index < -0.39 is 17.0 Å². The highest BCUT2D eigenvalue weighted by molar-refractivity contribution is 9.12. The van der Waals surface area contributed by atoms with E-state index in [9.17, 15) is 19.2 Å². The van der Waals surface area contributed by atoms with Crippen LogP contribution in [0, 0.1) is 5.41 Å². The van der Waals surface area contributed by atoms with E-state index in [0.717, 1.165) is 0 Å². The Bertz CT molecular complexity index is 538. The minimum Gasteiger partial charge on any atom is -0.460 e. The summed E-state index contributed by atoms with van der Waals surface area (Å²) in [7, 11) is 0. The molecule has 0 N–H and O–H groups in total. The van der Waals surface area contributed by atoms with E-state index in [4.69, 9.17) is 4.74 Å². The van der Waals surface area contributed by atoms with Crippen LogP contribution in [-0.4, -0.2) is 28.9 Å². The quantitative estimate of drug-likeness (QED) is 0.397. The molecular formula is C17H23BrO5. The van der Waals surface area contributed by atoms with Crippen LogP contribution < -0.4 is 0 Å². The van der Waals surface area contributed by atoms with Gasteiger partial charge in [-0.15, -0.1) is 0 Å². The average molecular weight is 387 g/mol. The number of halogens is 1. The summed E-state index contributed by atoms with van der Waals surface area (Å²) >= 11 is 3.14. The number of Topliss-reactive ketones (excluding diaryl/α,β-unsaturated/α-hetero) is 3. The van der Waals surface area contributed by atoms with Crippen molar-refractivity contribution in [3.63, 3.8) is 0 Å². The van der Waals surface area contributed by atoms with Crippen LogP contribution in [-0.2, 0) is 23.9 Å². The van der Waals surface area contributed by atoms with Crippen molar-refractivity contribution < 1.29 is 23.9 Å². The molecule has 0 heterocycles. The second kappa shape index (κ2) is 7.51. The molecule has 1 aliphatic rings. The van der Waals surface area contributed by atoms with Crippen molar-refractivity contribution >= 4 is 39.2 Å². The highest BCUT2D eigenvalue weighted by Crippen LogP contribution is 2.35. The highest BCUT2D eigenvalue weighted by atomic mass is 79.9. The predicted molar refractivity (Wildman–Crippen MR) is 89.1 cm³/mol.